The number of carbonyl (C=O) groups excluding carboxylic acids is 2. The quantitative estimate of drug-likeness (QED) is 0.608. The van der Waals surface area contributed by atoms with Gasteiger partial charge >= 0.3 is 0 Å². The van der Waals surface area contributed by atoms with Crippen LogP contribution in [0.2, 0.25) is 0 Å². The average molecular weight is 290 g/mol. The molecule has 1 aromatic rings. The van der Waals surface area contributed by atoms with Gasteiger partial charge in [0.25, 0.3) is 0 Å². The van der Waals surface area contributed by atoms with Crippen LogP contribution in [0.4, 0.5) is 10.1 Å². The summed E-state index contributed by atoms with van der Waals surface area (Å²) in [6.07, 6.45) is -0.195. The van der Waals surface area contributed by atoms with E-state index in [2.05, 4.69) is 16.2 Å². The van der Waals surface area contributed by atoms with Gasteiger partial charge in [-0.25, -0.2) is 9.82 Å². The van der Waals surface area contributed by atoms with E-state index in [1.165, 1.54) is 17.0 Å². The molecule has 7 heteroatoms. The van der Waals surface area contributed by atoms with Gasteiger partial charge in [-0.2, -0.15) is 0 Å². The number of nitrogens with one attached hydrogen (secondary N) is 3. The van der Waals surface area contributed by atoms with Crippen LogP contribution >= 0.6 is 0 Å². The molecular formula is C14H15FN4O2. The summed E-state index contributed by atoms with van der Waals surface area (Å²) in [6.45, 7) is 0.571. The van der Waals surface area contributed by atoms with Gasteiger partial charge in [-0.15, -0.1) is 0 Å². The molecule has 1 spiro atoms. The fourth-order valence-electron chi connectivity index (χ4n) is 3.91. The second-order valence-electron chi connectivity index (χ2n) is 5.85. The van der Waals surface area contributed by atoms with Gasteiger partial charge in [0.05, 0.1) is 17.3 Å². The molecule has 0 radical (unpaired) electrons. The highest BCUT2D eigenvalue weighted by atomic mass is 19.1. The summed E-state index contributed by atoms with van der Waals surface area (Å²) in [5.74, 6) is -0.799. The molecule has 2 fully saturated rings. The van der Waals surface area contributed by atoms with Crippen LogP contribution in [-0.2, 0) is 15.0 Å². The van der Waals surface area contributed by atoms with E-state index in [9.17, 15) is 14.0 Å². The van der Waals surface area contributed by atoms with E-state index in [0.29, 0.717) is 12.2 Å². The molecule has 3 aliphatic rings. The number of likely N-dealkylation sites (N-methyl/N-ethyl adjacent to an activating group) is 1. The van der Waals surface area contributed by atoms with Crippen LogP contribution in [0.3, 0.4) is 0 Å². The number of hydrogen-bond donors (Lipinski definition) is 3. The Kier molecular flexibility index (Phi) is 2.44. The molecule has 0 aromatic heterocycles. The second kappa shape index (κ2) is 4.02. The maximum absolute atomic E-state index is 13.5. The largest absolute Gasteiger partial charge is 0.339 e. The second-order valence-corrected chi connectivity index (χ2v) is 5.85. The van der Waals surface area contributed by atoms with E-state index in [0.717, 1.165) is 5.56 Å². The van der Waals surface area contributed by atoms with Gasteiger partial charge in [0.2, 0.25) is 11.8 Å². The molecule has 0 bridgehead atoms. The highest BCUT2D eigenvalue weighted by Crippen LogP contribution is 2.50. The van der Waals surface area contributed by atoms with Crippen molar-refractivity contribution in [3.63, 3.8) is 0 Å². The molecule has 0 aliphatic carbocycles. The number of carbonyl (C=O) groups is 2. The number of halogens is 1. The maximum Gasteiger partial charge on any atom is 0.238 e. The molecule has 4 rings (SSSR count). The molecule has 3 atom stereocenters. The minimum absolute atomic E-state index is 0.0966. The normalized spacial score (nSPS) is 34.1. The Bertz CT molecular complexity index is 664. The van der Waals surface area contributed by atoms with Crippen LogP contribution in [0.5, 0.6) is 0 Å². The van der Waals surface area contributed by atoms with E-state index in [1.54, 1.807) is 13.1 Å². The molecule has 0 saturated carbocycles. The Morgan fingerprint density at radius 2 is 2.19 bits per heavy atom. The first-order valence-electron chi connectivity index (χ1n) is 6.90. The number of nitrogens with zero attached hydrogens (tertiary/aromatic N) is 1. The number of amides is 2. The monoisotopic (exact) mass is 290 g/mol. The number of fused-ring (bicyclic) bond motifs is 4. The highest BCUT2D eigenvalue weighted by Gasteiger charge is 2.61. The molecule has 2 saturated heterocycles. The third-order valence-corrected chi connectivity index (χ3v) is 4.86. The molecule has 3 heterocycles. The zero-order valence-electron chi connectivity index (χ0n) is 11.4. The topological polar surface area (TPSA) is 73.5 Å². The molecular weight excluding hydrogens is 275 g/mol. The van der Waals surface area contributed by atoms with E-state index in [1.807, 2.05) is 0 Å². The lowest BCUT2D eigenvalue weighted by atomic mass is 9.65. The Morgan fingerprint density at radius 1 is 1.38 bits per heavy atom. The van der Waals surface area contributed by atoms with Crippen molar-refractivity contribution < 1.29 is 14.0 Å². The van der Waals surface area contributed by atoms with Gasteiger partial charge in [-0.05, 0) is 17.7 Å². The Balaban J connectivity index is 1.94. The van der Waals surface area contributed by atoms with Gasteiger partial charge in [0, 0.05) is 25.9 Å². The summed E-state index contributed by atoms with van der Waals surface area (Å²) in [4.78, 5) is 26.4. The Hall–Kier alpha value is -1.99. The smallest absolute Gasteiger partial charge is 0.238 e. The fraction of sp³-hybridized carbons (Fsp3) is 0.429. The van der Waals surface area contributed by atoms with Crippen LogP contribution in [0.15, 0.2) is 18.2 Å². The lowest BCUT2D eigenvalue weighted by molar-refractivity contribution is -0.135. The van der Waals surface area contributed by atoms with Crippen molar-refractivity contribution in [1.82, 2.24) is 16.2 Å². The lowest BCUT2D eigenvalue weighted by Gasteiger charge is -2.40. The molecule has 6 nitrogen and oxygen atoms in total. The minimum atomic E-state index is -0.915. The van der Waals surface area contributed by atoms with Crippen molar-refractivity contribution in [2.45, 2.75) is 18.0 Å². The lowest BCUT2D eigenvalue weighted by Crippen LogP contribution is -2.61. The van der Waals surface area contributed by atoms with Gasteiger partial charge in [0.15, 0.2) is 0 Å². The first-order valence-corrected chi connectivity index (χ1v) is 6.90. The van der Waals surface area contributed by atoms with Crippen molar-refractivity contribution in [2.24, 2.45) is 5.92 Å². The van der Waals surface area contributed by atoms with Crippen molar-refractivity contribution >= 4 is 17.5 Å². The van der Waals surface area contributed by atoms with Gasteiger partial charge < -0.3 is 10.2 Å². The molecule has 110 valence electrons. The number of hydrazine groups is 1. The molecule has 2 amide bonds. The first kappa shape index (κ1) is 12.7. The summed E-state index contributed by atoms with van der Waals surface area (Å²) in [5.41, 5.74) is 6.38. The van der Waals surface area contributed by atoms with E-state index in [-0.39, 0.29) is 36.1 Å². The third-order valence-electron chi connectivity index (χ3n) is 4.86. The van der Waals surface area contributed by atoms with Crippen molar-refractivity contribution in [1.29, 1.82) is 0 Å². The zero-order valence-corrected chi connectivity index (χ0v) is 11.4. The molecule has 21 heavy (non-hydrogen) atoms. The zero-order chi connectivity index (χ0) is 14.8. The SMILES string of the molecule is CN1C(=O)C2(CC(=O)NC3NNCC32)c2ccc(F)cc21. The summed E-state index contributed by atoms with van der Waals surface area (Å²) in [7, 11) is 1.63. The standard InChI is InChI=1S/C14H15FN4O2/c1-19-10-4-7(15)2-3-8(10)14(13(19)21)5-11(20)17-12-9(14)6-16-18-12/h2-4,9,12,16,18H,5-6H2,1H3,(H,17,20). The van der Waals surface area contributed by atoms with Crippen LogP contribution in [0.25, 0.3) is 0 Å². The van der Waals surface area contributed by atoms with Crippen molar-refractivity contribution in [3.05, 3.63) is 29.6 Å². The molecule has 3 N–H and O–H groups in total. The average Bonchev–Trinajstić information content (AvgIpc) is 2.99. The third kappa shape index (κ3) is 1.47. The van der Waals surface area contributed by atoms with Crippen LogP contribution < -0.4 is 21.1 Å². The molecule has 3 unspecified atom stereocenters. The van der Waals surface area contributed by atoms with Crippen LogP contribution in [0.1, 0.15) is 12.0 Å². The number of hydrogen-bond acceptors (Lipinski definition) is 4. The van der Waals surface area contributed by atoms with E-state index >= 15 is 0 Å². The van der Waals surface area contributed by atoms with E-state index in [4.69, 9.17) is 0 Å². The first-order chi connectivity index (χ1) is 10.0. The summed E-state index contributed by atoms with van der Waals surface area (Å²) in [5, 5.41) is 2.85. The summed E-state index contributed by atoms with van der Waals surface area (Å²) < 4.78 is 13.5. The molecule has 1 aromatic carbocycles. The Labute approximate surface area is 120 Å². The van der Waals surface area contributed by atoms with Crippen LogP contribution in [0, 0.1) is 11.7 Å². The minimum Gasteiger partial charge on any atom is -0.339 e. The molecule has 3 aliphatic heterocycles. The van der Waals surface area contributed by atoms with Gasteiger partial charge in [0.1, 0.15) is 5.82 Å². The van der Waals surface area contributed by atoms with Crippen molar-refractivity contribution in [2.75, 3.05) is 18.5 Å². The number of piperidine rings is 1. The number of anilines is 1. The van der Waals surface area contributed by atoms with E-state index < -0.39 is 5.41 Å². The van der Waals surface area contributed by atoms with Crippen molar-refractivity contribution in [3.8, 4) is 0 Å². The number of rotatable bonds is 0. The predicted molar refractivity (Wildman–Crippen MR) is 72.7 cm³/mol. The summed E-state index contributed by atoms with van der Waals surface area (Å²) in [6, 6.07) is 4.35. The fourth-order valence-corrected chi connectivity index (χ4v) is 3.91. The predicted octanol–water partition coefficient (Wildman–Crippen LogP) is -0.390. The van der Waals surface area contributed by atoms with Crippen LogP contribution in [-0.4, -0.2) is 31.6 Å². The maximum atomic E-state index is 13.5. The van der Waals surface area contributed by atoms with Gasteiger partial charge in [-0.1, -0.05) is 6.07 Å². The Morgan fingerprint density at radius 3 is 3.00 bits per heavy atom. The highest BCUT2D eigenvalue weighted by molar-refractivity contribution is 6.10. The number of benzene rings is 1. The van der Waals surface area contributed by atoms with Gasteiger partial charge in [-0.3, -0.25) is 15.0 Å². The summed E-state index contributed by atoms with van der Waals surface area (Å²) >= 11 is 0.